The molecule has 118 valence electrons. The van der Waals surface area contributed by atoms with Crippen LogP contribution in [0, 0.1) is 11.8 Å². The van der Waals surface area contributed by atoms with E-state index in [1.807, 2.05) is 15.9 Å². The third-order valence-electron chi connectivity index (χ3n) is 4.60. The van der Waals surface area contributed by atoms with Crippen LogP contribution in [-0.2, 0) is 0 Å². The van der Waals surface area contributed by atoms with Gasteiger partial charge in [0, 0.05) is 49.6 Å². The third-order valence-corrected chi connectivity index (χ3v) is 5.18. The minimum atomic E-state index is -0.0163. The quantitative estimate of drug-likeness (QED) is 0.835. The first-order chi connectivity index (χ1) is 11.2. The Hall–Kier alpha value is -2.28. The van der Waals surface area contributed by atoms with Gasteiger partial charge in [0.1, 0.15) is 11.4 Å². The van der Waals surface area contributed by atoms with Crippen molar-refractivity contribution >= 4 is 23.2 Å². The van der Waals surface area contributed by atoms with E-state index in [9.17, 15) is 9.59 Å². The number of carbonyl (C=O) groups excluding carboxylic acids is 2. The van der Waals surface area contributed by atoms with Gasteiger partial charge in [-0.05, 0) is 12.1 Å². The van der Waals surface area contributed by atoms with E-state index in [4.69, 9.17) is 0 Å². The number of likely N-dealkylation sites (tertiary alicyclic amines) is 2. The van der Waals surface area contributed by atoms with Gasteiger partial charge in [0.15, 0.2) is 0 Å². The molecule has 7 heteroatoms. The molecule has 0 aliphatic carbocycles. The number of aromatic nitrogens is 2. The van der Waals surface area contributed by atoms with E-state index in [-0.39, 0.29) is 11.8 Å². The summed E-state index contributed by atoms with van der Waals surface area (Å²) in [5.74, 6) is 0.691. The molecule has 2 unspecified atom stereocenters. The van der Waals surface area contributed by atoms with Crippen LogP contribution in [0.2, 0.25) is 0 Å². The molecule has 2 aliphatic rings. The molecule has 0 bridgehead atoms. The van der Waals surface area contributed by atoms with E-state index >= 15 is 0 Å². The Kier molecular flexibility index (Phi) is 3.57. The predicted molar refractivity (Wildman–Crippen MR) is 85.1 cm³/mol. The van der Waals surface area contributed by atoms with E-state index in [2.05, 4.69) is 9.97 Å². The normalized spacial score (nSPS) is 23.1. The Morgan fingerprint density at radius 3 is 2.13 bits per heavy atom. The van der Waals surface area contributed by atoms with E-state index < -0.39 is 0 Å². The van der Waals surface area contributed by atoms with Gasteiger partial charge >= 0.3 is 0 Å². The first kappa shape index (κ1) is 14.3. The summed E-state index contributed by atoms with van der Waals surface area (Å²) in [4.78, 5) is 36.8. The van der Waals surface area contributed by atoms with Gasteiger partial charge in [-0.25, -0.2) is 4.98 Å². The summed E-state index contributed by atoms with van der Waals surface area (Å²) < 4.78 is 0. The molecule has 2 fully saturated rings. The van der Waals surface area contributed by atoms with E-state index in [0.717, 1.165) is 0 Å². The van der Waals surface area contributed by atoms with Crippen LogP contribution in [0.4, 0.5) is 0 Å². The maximum absolute atomic E-state index is 12.5. The SMILES string of the molecule is O=C(c1ccccn1)N1CC2CN(C(=O)c3cscn3)CC2C1. The van der Waals surface area contributed by atoms with Crippen molar-refractivity contribution < 1.29 is 9.59 Å². The van der Waals surface area contributed by atoms with Gasteiger partial charge in [0.2, 0.25) is 0 Å². The molecule has 0 saturated carbocycles. The Morgan fingerprint density at radius 1 is 0.957 bits per heavy atom. The molecule has 2 saturated heterocycles. The molecule has 2 aromatic heterocycles. The summed E-state index contributed by atoms with van der Waals surface area (Å²) in [6, 6.07) is 5.37. The molecule has 2 amide bonds. The van der Waals surface area contributed by atoms with Crippen LogP contribution in [0.15, 0.2) is 35.3 Å². The minimum Gasteiger partial charge on any atom is -0.337 e. The number of hydrogen-bond acceptors (Lipinski definition) is 5. The monoisotopic (exact) mass is 328 g/mol. The second-order valence-electron chi connectivity index (χ2n) is 6.03. The highest BCUT2D eigenvalue weighted by atomic mass is 32.1. The Labute approximate surface area is 137 Å². The van der Waals surface area contributed by atoms with Crippen molar-refractivity contribution in [1.29, 1.82) is 0 Å². The van der Waals surface area contributed by atoms with Crippen LogP contribution < -0.4 is 0 Å². The largest absolute Gasteiger partial charge is 0.337 e. The van der Waals surface area contributed by atoms with Gasteiger partial charge in [-0.1, -0.05) is 6.07 Å². The highest BCUT2D eigenvalue weighted by Crippen LogP contribution is 2.32. The molecule has 23 heavy (non-hydrogen) atoms. The fourth-order valence-electron chi connectivity index (χ4n) is 3.46. The van der Waals surface area contributed by atoms with E-state index in [0.29, 0.717) is 49.4 Å². The molecule has 2 aromatic rings. The number of fused-ring (bicyclic) bond motifs is 1. The molecule has 2 atom stereocenters. The maximum Gasteiger partial charge on any atom is 0.273 e. The summed E-state index contributed by atoms with van der Waals surface area (Å²) >= 11 is 1.43. The summed E-state index contributed by atoms with van der Waals surface area (Å²) in [5.41, 5.74) is 2.69. The number of thiazole rings is 1. The van der Waals surface area contributed by atoms with E-state index in [1.54, 1.807) is 29.2 Å². The van der Waals surface area contributed by atoms with Crippen molar-refractivity contribution in [1.82, 2.24) is 19.8 Å². The average Bonchev–Trinajstić information content (AvgIpc) is 3.29. The molecule has 0 aromatic carbocycles. The Morgan fingerprint density at radius 2 is 1.61 bits per heavy atom. The second kappa shape index (κ2) is 5.73. The smallest absolute Gasteiger partial charge is 0.273 e. The summed E-state index contributed by atoms with van der Waals surface area (Å²) in [5, 5.41) is 1.79. The lowest BCUT2D eigenvalue weighted by atomic mass is 10.0. The van der Waals surface area contributed by atoms with Gasteiger partial charge < -0.3 is 9.80 Å². The molecule has 4 rings (SSSR count). The van der Waals surface area contributed by atoms with Crippen molar-refractivity contribution in [3.05, 3.63) is 46.7 Å². The summed E-state index contributed by atoms with van der Waals surface area (Å²) in [6.45, 7) is 2.79. The second-order valence-corrected chi connectivity index (χ2v) is 6.75. The molecule has 0 radical (unpaired) electrons. The number of nitrogens with zero attached hydrogens (tertiary/aromatic N) is 4. The van der Waals surface area contributed by atoms with Crippen molar-refractivity contribution in [3.63, 3.8) is 0 Å². The first-order valence-corrected chi connectivity index (χ1v) is 8.54. The van der Waals surface area contributed by atoms with Crippen LogP contribution in [0.5, 0.6) is 0 Å². The lowest BCUT2D eigenvalue weighted by Gasteiger charge is -2.21. The fraction of sp³-hybridized carbons (Fsp3) is 0.375. The topological polar surface area (TPSA) is 66.4 Å². The fourth-order valence-corrected chi connectivity index (χ4v) is 3.98. The lowest BCUT2D eigenvalue weighted by Crippen LogP contribution is -2.36. The van der Waals surface area contributed by atoms with Gasteiger partial charge in [0.25, 0.3) is 11.8 Å². The average molecular weight is 328 g/mol. The molecular formula is C16H16N4O2S. The Balaban J connectivity index is 1.40. The van der Waals surface area contributed by atoms with Gasteiger partial charge in [-0.2, -0.15) is 0 Å². The van der Waals surface area contributed by atoms with Gasteiger partial charge in [-0.3, -0.25) is 14.6 Å². The van der Waals surface area contributed by atoms with Crippen molar-refractivity contribution in [2.75, 3.05) is 26.2 Å². The van der Waals surface area contributed by atoms with Gasteiger partial charge in [-0.15, -0.1) is 11.3 Å². The molecule has 2 aliphatic heterocycles. The molecule has 6 nitrogen and oxygen atoms in total. The zero-order chi connectivity index (χ0) is 15.8. The minimum absolute atomic E-state index is 0.00301. The number of amides is 2. The van der Waals surface area contributed by atoms with Gasteiger partial charge in [0.05, 0.1) is 5.51 Å². The predicted octanol–water partition coefficient (Wildman–Crippen LogP) is 1.38. The number of carbonyl (C=O) groups is 2. The number of hydrogen-bond donors (Lipinski definition) is 0. The van der Waals surface area contributed by atoms with Crippen LogP contribution in [0.1, 0.15) is 21.0 Å². The summed E-state index contributed by atoms with van der Waals surface area (Å²) in [7, 11) is 0. The van der Waals surface area contributed by atoms with E-state index in [1.165, 1.54) is 11.3 Å². The van der Waals surface area contributed by atoms with Crippen molar-refractivity contribution in [2.24, 2.45) is 11.8 Å². The Bertz CT molecular complexity index is 705. The number of rotatable bonds is 2. The molecule has 4 heterocycles. The molecular weight excluding hydrogens is 312 g/mol. The van der Waals surface area contributed by atoms with Crippen molar-refractivity contribution in [2.45, 2.75) is 0 Å². The zero-order valence-electron chi connectivity index (χ0n) is 12.5. The van der Waals surface area contributed by atoms with Crippen LogP contribution >= 0.6 is 11.3 Å². The van der Waals surface area contributed by atoms with Crippen LogP contribution in [0.3, 0.4) is 0 Å². The van der Waals surface area contributed by atoms with Crippen molar-refractivity contribution in [3.8, 4) is 0 Å². The zero-order valence-corrected chi connectivity index (χ0v) is 13.3. The third kappa shape index (κ3) is 2.61. The highest BCUT2D eigenvalue weighted by molar-refractivity contribution is 7.07. The van der Waals surface area contributed by atoms with Crippen LogP contribution in [-0.4, -0.2) is 57.8 Å². The standard InChI is InChI=1S/C16H16N4O2S/c21-15(13-3-1-2-4-17-13)19-5-11-7-20(8-12(11)6-19)16(22)14-9-23-10-18-14/h1-4,9-12H,5-8H2. The first-order valence-electron chi connectivity index (χ1n) is 7.60. The van der Waals surface area contributed by atoms with Crippen LogP contribution in [0.25, 0.3) is 0 Å². The maximum atomic E-state index is 12.5. The number of pyridine rings is 1. The molecule has 0 spiro atoms. The molecule has 0 N–H and O–H groups in total. The summed E-state index contributed by atoms with van der Waals surface area (Å²) in [6.07, 6.45) is 1.64. The lowest BCUT2D eigenvalue weighted by molar-refractivity contribution is 0.0733. The highest BCUT2D eigenvalue weighted by Gasteiger charge is 2.43.